The van der Waals surface area contributed by atoms with Crippen molar-refractivity contribution < 1.29 is 9.85 Å². The number of benzene rings is 1. The van der Waals surface area contributed by atoms with Crippen LogP contribution in [0.2, 0.25) is 0 Å². The number of nitro groups is 2. The number of hydrogen-bond acceptors (Lipinski definition) is 5. The molecule has 0 heterocycles. The first-order valence-electron chi connectivity index (χ1n) is 4.08. The van der Waals surface area contributed by atoms with E-state index in [1.54, 1.807) is 6.92 Å². The Morgan fingerprint density at radius 2 is 1.53 bits per heavy atom. The van der Waals surface area contributed by atoms with Crippen LogP contribution < -0.4 is 5.32 Å². The molecule has 0 aromatic heterocycles. The molecule has 0 bridgehead atoms. The highest BCUT2D eigenvalue weighted by molar-refractivity contribution is 5.74. The van der Waals surface area contributed by atoms with Gasteiger partial charge in [0, 0.05) is 19.2 Å². The molecule has 1 N–H and O–H groups in total. The number of aryl methyl sites for hydroxylation is 1. The fourth-order valence-corrected chi connectivity index (χ4v) is 1.29. The molecule has 1 aromatic carbocycles. The Labute approximate surface area is 85.0 Å². The van der Waals surface area contributed by atoms with Crippen LogP contribution in [0.4, 0.5) is 17.1 Å². The van der Waals surface area contributed by atoms with E-state index in [9.17, 15) is 20.2 Å². The van der Waals surface area contributed by atoms with Crippen molar-refractivity contribution in [2.45, 2.75) is 6.92 Å². The molecule has 7 heteroatoms. The van der Waals surface area contributed by atoms with Gasteiger partial charge in [0.25, 0.3) is 11.4 Å². The van der Waals surface area contributed by atoms with Crippen LogP contribution in [0.1, 0.15) is 5.56 Å². The minimum Gasteiger partial charge on any atom is -0.377 e. The summed E-state index contributed by atoms with van der Waals surface area (Å²) in [4.78, 5) is 20.0. The molecular weight excluding hydrogens is 202 g/mol. The van der Waals surface area contributed by atoms with Crippen molar-refractivity contribution in [2.75, 3.05) is 12.4 Å². The van der Waals surface area contributed by atoms with Crippen LogP contribution in [0.25, 0.3) is 0 Å². The van der Waals surface area contributed by atoms with Gasteiger partial charge in [-0.25, -0.2) is 0 Å². The normalized spacial score (nSPS) is 9.73. The van der Waals surface area contributed by atoms with Gasteiger partial charge in [-0.1, -0.05) is 0 Å². The third-order valence-electron chi connectivity index (χ3n) is 1.88. The molecule has 7 nitrogen and oxygen atoms in total. The predicted octanol–water partition coefficient (Wildman–Crippen LogP) is 1.85. The molecule has 0 atom stereocenters. The highest BCUT2D eigenvalue weighted by Crippen LogP contribution is 2.34. The van der Waals surface area contributed by atoms with Crippen molar-refractivity contribution in [1.29, 1.82) is 0 Å². The van der Waals surface area contributed by atoms with E-state index in [4.69, 9.17) is 0 Å². The molecule has 0 aliphatic carbocycles. The second-order valence-electron chi connectivity index (χ2n) is 2.94. The molecule has 80 valence electrons. The molecule has 0 radical (unpaired) electrons. The maximum Gasteiger partial charge on any atom is 0.299 e. The smallest absolute Gasteiger partial charge is 0.299 e. The van der Waals surface area contributed by atoms with Gasteiger partial charge in [-0.05, 0) is 12.5 Å². The van der Waals surface area contributed by atoms with E-state index < -0.39 is 9.85 Å². The first-order chi connectivity index (χ1) is 6.97. The molecule has 0 spiro atoms. The average Bonchev–Trinajstić information content (AvgIpc) is 2.16. The Morgan fingerprint density at radius 3 is 1.80 bits per heavy atom. The van der Waals surface area contributed by atoms with Crippen molar-refractivity contribution in [3.63, 3.8) is 0 Å². The second-order valence-corrected chi connectivity index (χ2v) is 2.94. The molecule has 0 fully saturated rings. The lowest BCUT2D eigenvalue weighted by atomic mass is 10.1. The lowest BCUT2D eigenvalue weighted by Crippen LogP contribution is -2.02. The van der Waals surface area contributed by atoms with Crippen LogP contribution in [-0.2, 0) is 0 Å². The van der Waals surface area contributed by atoms with Gasteiger partial charge in [-0.3, -0.25) is 20.2 Å². The van der Waals surface area contributed by atoms with Crippen molar-refractivity contribution in [2.24, 2.45) is 0 Å². The van der Waals surface area contributed by atoms with Crippen LogP contribution in [0.3, 0.4) is 0 Å². The SMILES string of the molecule is CNc1c([N+](=O)[O-])cc(C)cc1[N+](=O)[O-]. The molecule has 0 unspecified atom stereocenters. The number of nitrogens with one attached hydrogen (secondary N) is 1. The van der Waals surface area contributed by atoms with E-state index in [0.29, 0.717) is 5.56 Å². The van der Waals surface area contributed by atoms with Crippen molar-refractivity contribution in [3.8, 4) is 0 Å². The van der Waals surface area contributed by atoms with Gasteiger partial charge in [-0.15, -0.1) is 0 Å². The summed E-state index contributed by atoms with van der Waals surface area (Å²) >= 11 is 0. The standard InChI is InChI=1S/C8H9N3O4/c1-5-3-6(10(12)13)8(9-2)7(4-5)11(14)15/h3-4,9H,1-2H3. The van der Waals surface area contributed by atoms with E-state index in [1.165, 1.54) is 19.2 Å². The van der Waals surface area contributed by atoms with E-state index in [0.717, 1.165) is 0 Å². The fraction of sp³-hybridized carbons (Fsp3) is 0.250. The minimum absolute atomic E-state index is 0.0735. The van der Waals surface area contributed by atoms with E-state index in [-0.39, 0.29) is 17.1 Å². The molecule has 0 saturated heterocycles. The third-order valence-corrected chi connectivity index (χ3v) is 1.88. The first kappa shape index (κ1) is 10.9. The highest BCUT2D eigenvalue weighted by Gasteiger charge is 2.24. The molecule has 0 aliphatic rings. The van der Waals surface area contributed by atoms with Crippen LogP contribution in [0.15, 0.2) is 12.1 Å². The zero-order valence-electron chi connectivity index (χ0n) is 8.18. The van der Waals surface area contributed by atoms with Crippen LogP contribution in [0.5, 0.6) is 0 Å². The summed E-state index contributed by atoms with van der Waals surface area (Å²) in [6.45, 7) is 1.57. The van der Waals surface area contributed by atoms with Crippen molar-refractivity contribution in [3.05, 3.63) is 37.9 Å². The van der Waals surface area contributed by atoms with Gasteiger partial charge in [0.15, 0.2) is 5.69 Å². The summed E-state index contributed by atoms with van der Waals surface area (Å²) in [5.41, 5.74) is -0.170. The monoisotopic (exact) mass is 211 g/mol. The Kier molecular flexibility index (Phi) is 2.84. The number of hydrogen-bond donors (Lipinski definition) is 1. The molecule has 1 aromatic rings. The van der Waals surface area contributed by atoms with Gasteiger partial charge in [0.05, 0.1) is 9.85 Å². The molecular formula is C8H9N3O4. The minimum atomic E-state index is -0.647. The largest absolute Gasteiger partial charge is 0.377 e. The summed E-state index contributed by atoms with van der Waals surface area (Å²) in [5.74, 6) is 0. The summed E-state index contributed by atoms with van der Waals surface area (Å²) < 4.78 is 0. The fourth-order valence-electron chi connectivity index (χ4n) is 1.29. The zero-order chi connectivity index (χ0) is 11.6. The summed E-state index contributed by atoms with van der Waals surface area (Å²) in [6.07, 6.45) is 0. The lowest BCUT2D eigenvalue weighted by molar-refractivity contribution is -0.392. The lowest BCUT2D eigenvalue weighted by Gasteiger charge is -2.04. The Balaban J connectivity index is 3.52. The Morgan fingerprint density at radius 1 is 1.13 bits per heavy atom. The van der Waals surface area contributed by atoms with E-state index >= 15 is 0 Å². The predicted molar refractivity (Wildman–Crippen MR) is 54.0 cm³/mol. The quantitative estimate of drug-likeness (QED) is 0.607. The van der Waals surface area contributed by atoms with Crippen LogP contribution in [-0.4, -0.2) is 16.9 Å². The molecule has 0 amide bonds. The number of nitro benzene ring substituents is 2. The maximum absolute atomic E-state index is 10.7. The summed E-state index contributed by atoms with van der Waals surface area (Å²) in [7, 11) is 1.41. The van der Waals surface area contributed by atoms with Crippen LogP contribution >= 0.6 is 0 Å². The highest BCUT2D eigenvalue weighted by atomic mass is 16.6. The number of nitrogens with zero attached hydrogens (tertiary/aromatic N) is 2. The van der Waals surface area contributed by atoms with Gasteiger partial charge in [0.1, 0.15) is 0 Å². The third kappa shape index (κ3) is 2.01. The summed E-state index contributed by atoms with van der Waals surface area (Å²) in [6, 6.07) is 2.58. The zero-order valence-corrected chi connectivity index (χ0v) is 8.18. The average molecular weight is 211 g/mol. The molecule has 15 heavy (non-hydrogen) atoms. The van der Waals surface area contributed by atoms with Crippen molar-refractivity contribution in [1.82, 2.24) is 0 Å². The van der Waals surface area contributed by atoms with Crippen molar-refractivity contribution >= 4 is 17.1 Å². The number of rotatable bonds is 3. The van der Waals surface area contributed by atoms with E-state index in [1.807, 2.05) is 0 Å². The topological polar surface area (TPSA) is 98.3 Å². The Bertz CT molecular complexity index is 395. The Hall–Kier alpha value is -2.18. The van der Waals surface area contributed by atoms with E-state index in [2.05, 4.69) is 5.32 Å². The summed E-state index contributed by atoms with van der Waals surface area (Å²) in [5, 5.41) is 23.8. The first-order valence-corrected chi connectivity index (χ1v) is 4.08. The maximum atomic E-state index is 10.7. The molecule has 1 rings (SSSR count). The molecule has 0 saturated carbocycles. The van der Waals surface area contributed by atoms with Gasteiger partial charge in [-0.2, -0.15) is 0 Å². The number of anilines is 1. The van der Waals surface area contributed by atoms with Gasteiger partial charge >= 0.3 is 0 Å². The van der Waals surface area contributed by atoms with Gasteiger partial charge in [0.2, 0.25) is 0 Å². The molecule has 0 aliphatic heterocycles. The van der Waals surface area contributed by atoms with Gasteiger partial charge < -0.3 is 5.32 Å². The van der Waals surface area contributed by atoms with Crippen LogP contribution in [0, 0.1) is 27.2 Å². The second kappa shape index (κ2) is 3.91.